The first-order valence-corrected chi connectivity index (χ1v) is 10.6. The lowest BCUT2D eigenvalue weighted by atomic mass is 9.95. The van der Waals surface area contributed by atoms with Crippen LogP contribution in [0.2, 0.25) is 0 Å². The summed E-state index contributed by atoms with van der Waals surface area (Å²) in [5.74, 6) is 0.532. The number of alkyl halides is 3. The van der Waals surface area contributed by atoms with E-state index in [9.17, 15) is 13.2 Å². The molecule has 0 amide bonds. The smallest absolute Gasteiger partial charge is 0.489 e. The van der Waals surface area contributed by atoms with E-state index in [0.29, 0.717) is 6.61 Å². The summed E-state index contributed by atoms with van der Waals surface area (Å²) in [6, 6.07) is 23.7. The lowest BCUT2D eigenvalue weighted by Crippen LogP contribution is -2.45. The molecule has 1 atom stereocenters. The molecule has 0 saturated carbocycles. The third-order valence-corrected chi connectivity index (χ3v) is 5.40. The first-order chi connectivity index (χ1) is 15.5. The zero-order chi connectivity index (χ0) is 22.4. The van der Waals surface area contributed by atoms with E-state index in [1.54, 1.807) is 12.1 Å². The van der Waals surface area contributed by atoms with Crippen LogP contribution in [0.15, 0.2) is 78.9 Å². The molecule has 1 aliphatic rings. The molecule has 0 aliphatic carbocycles. The number of para-hydroxylation sites is 1. The average Bonchev–Trinajstić information content (AvgIpc) is 2.80. The van der Waals surface area contributed by atoms with E-state index in [1.807, 2.05) is 54.6 Å². The Balaban J connectivity index is 1.64. The third-order valence-electron chi connectivity index (χ3n) is 5.40. The highest BCUT2D eigenvalue weighted by Crippen LogP contribution is 2.36. The predicted molar refractivity (Wildman–Crippen MR) is 117 cm³/mol. The van der Waals surface area contributed by atoms with Crippen molar-refractivity contribution in [1.82, 2.24) is 10.2 Å². The Hall–Kier alpha value is -3.03. The normalized spacial score (nSPS) is 15.8. The van der Waals surface area contributed by atoms with Crippen molar-refractivity contribution in [3.8, 4) is 11.5 Å². The van der Waals surface area contributed by atoms with Crippen molar-refractivity contribution in [2.75, 3.05) is 26.2 Å². The van der Waals surface area contributed by atoms with Gasteiger partial charge in [-0.2, -0.15) is 0 Å². The molecule has 1 fully saturated rings. The van der Waals surface area contributed by atoms with Crippen LogP contribution in [-0.4, -0.2) is 37.4 Å². The van der Waals surface area contributed by atoms with E-state index in [0.717, 1.165) is 48.6 Å². The van der Waals surface area contributed by atoms with E-state index >= 15 is 0 Å². The first-order valence-electron chi connectivity index (χ1n) is 10.6. The van der Waals surface area contributed by atoms with Gasteiger partial charge in [-0.1, -0.05) is 60.7 Å². The van der Waals surface area contributed by atoms with E-state index < -0.39 is 6.36 Å². The molecule has 3 aromatic rings. The summed E-state index contributed by atoms with van der Waals surface area (Å²) in [6.45, 7) is 3.76. The second-order valence-corrected chi connectivity index (χ2v) is 7.62. The third kappa shape index (κ3) is 5.81. The molecule has 1 N–H and O–H groups in total. The molecule has 1 heterocycles. The van der Waals surface area contributed by atoms with Gasteiger partial charge in [0.1, 0.15) is 18.1 Å². The Morgan fingerprint density at radius 3 is 2.19 bits per heavy atom. The summed E-state index contributed by atoms with van der Waals surface area (Å²) in [4.78, 5) is 2.32. The van der Waals surface area contributed by atoms with Gasteiger partial charge in [0.2, 0.25) is 0 Å². The van der Waals surface area contributed by atoms with E-state index in [2.05, 4.69) is 15.0 Å². The van der Waals surface area contributed by atoms with Crippen LogP contribution in [-0.2, 0) is 6.61 Å². The SMILES string of the molecule is FC(F)(F)Oc1ccc([C@H](c2ccccc2OCc2ccccc2)N2CCNCC2)cc1. The molecule has 7 heteroatoms. The van der Waals surface area contributed by atoms with Gasteiger partial charge in [-0.3, -0.25) is 4.90 Å². The fourth-order valence-corrected chi connectivity index (χ4v) is 3.95. The summed E-state index contributed by atoms with van der Waals surface area (Å²) < 4.78 is 48.0. The molecular weight excluding hydrogens is 417 g/mol. The maximum absolute atomic E-state index is 12.6. The van der Waals surface area contributed by atoms with Crippen LogP contribution < -0.4 is 14.8 Å². The van der Waals surface area contributed by atoms with Gasteiger partial charge in [0.05, 0.1) is 6.04 Å². The molecular formula is C25H25F3N2O2. The Labute approximate surface area is 185 Å². The number of hydrogen-bond acceptors (Lipinski definition) is 4. The van der Waals surface area contributed by atoms with Gasteiger partial charge in [-0.15, -0.1) is 13.2 Å². The molecule has 0 aromatic heterocycles. The topological polar surface area (TPSA) is 33.7 Å². The molecule has 4 rings (SSSR count). The van der Waals surface area contributed by atoms with Crippen LogP contribution in [0, 0.1) is 0 Å². The van der Waals surface area contributed by atoms with Crippen LogP contribution in [0.1, 0.15) is 22.7 Å². The highest BCUT2D eigenvalue weighted by molar-refractivity contribution is 5.43. The molecule has 0 spiro atoms. The van der Waals surface area contributed by atoms with Crippen LogP contribution in [0.5, 0.6) is 11.5 Å². The molecule has 0 unspecified atom stereocenters. The lowest BCUT2D eigenvalue weighted by molar-refractivity contribution is -0.274. The monoisotopic (exact) mass is 442 g/mol. The van der Waals surface area contributed by atoms with Crippen molar-refractivity contribution in [2.24, 2.45) is 0 Å². The van der Waals surface area contributed by atoms with Crippen molar-refractivity contribution in [3.05, 3.63) is 95.6 Å². The summed E-state index contributed by atoms with van der Waals surface area (Å²) in [7, 11) is 0. The number of benzene rings is 3. The van der Waals surface area contributed by atoms with Crippen molar-refractivity contribution >= 4 is 0 Å². The standard InChI is InChI=1S/C25H25F3N2O2/c26-25(27,28)32-21-12-10-20(11-13-21)24(30-16-14-29-15-17-30)22-8-4-5-9-23(22)31-18-19-6-2-1-3-7-19/h1-13,24,29H,14-18H2/t24-/m1/s1. The van der Waals surface area contributed by atoms with Crippen LogP contribution in [0.3, 0.4) is 0 Å². The van der Waals surface area contributed by atoms with Gasteiger partial charge >= 0.3 is 6.36 Å². The maximum atomic E-state index is 12.6. The van der Waals surface area contributed by atoms with E-state index in [-0.39, 0.29) is 11.8 Å². The Kier molecular flexibility index (Phi) is 6.97. The largest absolute Gasteiger partial charge is 0.573 e. The maximum Gasteiger partial charge on any atom is 0.573 e. The molecule has 32 heavy (non-hydrogen) atoms. The van der Waals surface area contributed by atoms with Crippen molar-refractivity contribution in [2.45, 2.75) is 19.0 Å². The lowest BCUT2D eigenvalue weighted by Gasteiger charge is -2.36. The molecule has 168 valence electrons. The Morgan fingerprint density at radius 2 is 1.50 bits per heavy atom. The predicted octanol–water partition coefficient (Wildman–Crippen LogP) is 5.16. The number of rotatable bonds is 7. The highest BCUT2D eigenvalue weighted by atomic mass is 19.4. The van der Waals surface area contributed by atoms with Crippen LogP contribution in [0.25, 0.3) is 0 Å². The zero-order valence-corrected chi connectivity index (χ0v) is 17.5. The highest BCUT2D eigenvalue weighted by Gasteiger charge is 2.31. The van der Waals surface area contributed by atoms with Crippen LogP contribution in [0.4, 0.5) is 13.2 Å². The van der Waals surface area contributed by atoms with Gasteiger partial charge in [0, 0.05) is 31.7 Å². The van der Waals surface area contributed by atoms with Gasteiger partial charge in [-0.25, -0.2) is 0 Å². The van der Waals surface area contributed by atoms with Gasteiger partial charge in [-0.05, 0) is 29.3 Å². The van der Waals surface area contributed by atoms with E-state index in [4.69, 9.17) is 4.74 Å². The van der Waals surface area contributed by atoms with Gasteiger partial charge < -0.3 is 14.8 Å². The van der Waals surface area contributed by atoms with Gasteiger partial charge in [0.15, 0.2) is 0 Å². The number of hydrogen-bond donors (Lipinski definition) is 1. The average molecular weight is 442 g/mol. The van der Waals surface area contributed by atoms with Crippen LogP contribution >= 0.6 is 0 Å². The zero-order valence-electron chi connectivity index (χ0n) is 17.5. The van der Waals surface area contributed by atoms with E-state index in [1.165, 1.54) is 12.1 Å². The second kappa shape index (κ2) is 10.1. The molecule has 3 aromatic carbocycles. The second-order valence-electron chi connectivity index (χ2n) is 7.62. The number of halogens is 3. The first kappa shape index (κ1) is 22.2. The minimum atomic E-state index is -4.71. The quantitative estimate of drug-likeness (QED) is 0.548. The number of ether oxygens (including phenoxy) is 2. The minimum Gasteiger partial charge on any atom is -0.489 e. The minimum absolute atomic E-state index is 0.149. The molecule has 1 saturated heterocycles. The Bertz CT molecular complexity index is 988. The summed E-state index contributed by atoms with van der Waals surface area (Å²) >= 11 is 0. The van der Waals surface area contributed by atoms with Crippen molar-refractivity contribution in [3.63, 3.8) is 0 Å². The summed E-state index contributed by atoms with van der Waals surface area (Å²) in [5.41, 5.74) is 2.93. The fraction of sp³-hybridized carbons (Fsp3) is 0.280. The molecule has 0 radical (unpaired) electrons. The number of nitrogens with one attached hydrogen (secondary N) is 1. The van der Waals surface area contributed by atoms with Crippen molar-refractivity contribution in [1.29, 1.82) is 0 Å². The number of piperazine rings is 1. The molecule has 0 bridgehead atoms. The molecule has 4 nitrogen and oxygen atoms in total. The van der Waals surface area contributed by atoms with Gasteiger partial charge in [0.25, 0.3) is 0 Å². The number of nitrogens with zero attached hydrogens (tertiary/aromatic N) is 1. The molecule has 1 aliphatic heterocycles. The fourth-order valence-electron chi connectivity index (χ4n) is 3.95. The Morgan fingerprint density at radius 1 is 0.844 bits per heavy atom. The van der Waals surface area contributed by atoms with Crippen molar-refractivity contribution < 1.29 is 22.6 Å². The summed E-state index contributed by atoms with van der Waals surface area (Å²) in [5, 5.41) is 3.35. The summed E-state index contributed by atoms with van der Waals surface area (Å²) in [6.07, 6.45) is -4.71.